The van der Waals surface area contributed by atoms with Gasteiger partial charge in [0.15, 0.2) is 17.3 Å². The van der Waals surface area contributed by atoms with E-state index in [-0.39, 0.29) is 5.75 Å². The number of anilines is 1. The van der Waals surface area contributed by atoms with Gasteiger partial charge in [-0.25, -0.2) is 4.98 Å². The van der Waals surface area contributed by atoms with Crippen molar-refractivity contribution in [3.8, 4) is 17.1 Å². The van der Waals surface area contributed by atoms with Gasteiger partial charge in [-0.3, -0.25) is 4.40 Å². The van der Waals surface area contributed by atoms with Crippen molar-refractivity contribution in [3.05, 3.63) is 35.6 Å². The Labute approximate surface area is 156 Å². The fourth-order valence-electron chi connectivity index (χ4n) is 3.46. The maximum Gasteiger partial charge on any atom is 0.192 e. The molecule has 1 aliphatic rings. The van der Waals surface area contributed by atoms with Crippen molar-refractivity contribution in [2.45, 2.75) is 25.8 Å². The number of aromatic nitrogens is 4. The van der Waals surface area contributed by atoms with Crippen LogP contribution in [0.5, 0.6) is 5.75 Å². The number of hydrogen-bond acceptors (Lipinski definition) is 6. The Morgan fingerprint density at radius 3 is 3.04 bits per heavy atom. The van der Waals surface area contributed by atoms with Gasteiger partial charge in [0.05, 0.1) is 5.56 Å². The number of imidazole rings is 1. The number of benzene rings is 1. The molecule has 1 aromatic carbocycles. The Kier molecular flexibility index (Phi) is 4.65. The first-order chi connectivity index (χ1) is 12.7. The summed E-state index contributed by atoms with van der Waals surface area (Å²) in [6.07, 6.45) is 5.79. The van der Waals surface area contributed by atoms with Gasteiger partial charge in [-0.2, -0.15) is 0 Å². The molecule has 0 bridgehead atoms. The summed E-state index contributed by atoms with van der Waals surface area (Å²) in [6.45, 7) is 5.37. The van der Waals surface area contributed by atoms with Crippen LogP contribution >= 0.6 is 11.6 Å². The van der Waals surface area contributed by atoms with Crippen LogP contribution in [-0.2, 0) is 0 Å². The van der Waals surface area contributed by atoms with Gasteiger partial charge in [-0.05, 0) is 44.1 Å². The van der Waals surface area contributed by atoms with Gasteiger partial charge >= 0.3 is 0 Å². The third kappa shape index (κ3) is 3.20. The molecule has 0 unspecified atom stereocenters. The van der Waals surface area contributed by atoms with E-state index < -0.39 is 0 Å². The molecule has 1 atom stereocenters. The van der Waals surface area contributed by atoms with Crippen LogP contribution in [-0.4, -0.2) is 55.3 Å². The lowest BCUT2D eigenvalue weighted by molar-refractivity contribution is 0.226. The van der Waals surface area contributed by atoms with E-state index in [1.165, 1.54) is 12.5 Å². The van der Waals surface area contributed by atoms with Crippen molar-refractivity contribution in [3.63, 3.8) is 0 Å². The van der Waals surface area contributed by atoms with E-state index >= 15 is 0 Å². The zero-order valence-corrected chi connectivity index (χ0v) is 15.3. The van der Waals surface area contributed by atoms with Gasteiger partial charge in [-0.1, -0.05) is 18.5 Å². The molecule has 0 amide bonds. The molecule has 2 aromatic heterocycles. The fraction of sp³-hybridized carbons (Fsp3) is 0.389. The first-order valence-electron chi connectivity index (χ1n) is 8.83. The molecule has 0 saturated carbocycles. The summed E-state index contributed by atoms with van der Waals surface area (Å²) >= 11 is 5.93. The highest BCUT2D eigenvalue weighted by atomic mass is 35.5. The number of piperidine rings is 1. The fourth-order valence-corrected chi connectivity index (χ4v) is 3.63. The van der Waals surface area contributed by atoms with Gasteiger partial charge in [0.2, 0.25) is 0 Å². The first kappa shape index (κ1) is 17.1. The number of hydrogen-bond donors (Lipinski definition) is 2. The summed E-state index contributed by atoms with van der Waals surface area (Å²) in [6, 6.07) is 5.27. The monoisotopic (exact) mass is 372 g/mol. The maximum absolute atomic E-state index is 10.2. The van der Waals surface area contributed by atoms with Crippen molar-refractivity contribution >= 4 is 23.1 Å². The highest BCUT2D eigenvalue weighted by Crippen LogP contribution is 2.31. The molecule has 1 aliphatic heterocycles. The van der Waals surface area contributed by atoms with Crippen LogP contribution < -0.4 is 5.32 Å². The predicted octanol–water partition coefficient (Wildman–Crippen LogP) is 3.05. The van der Waals surface area contributed by atoms with E-state index in [9.17, 15) is 5.11 Å². The molecular formula is C18H21ClN6O. The van der Waals surface area contributed by atoms with Crippen molar-refractivity contribution in [2.24, 2.45) is 0 Å². The molecule has 0 spiro atoms. The van der Waals surface area contributed by atoms with Gasteiger partial charge in [0.25, 0.3) is 0 Å². The number of nitrogens with one attached hydrogen (secondary N) is 1. The van der Waals surface area contributed by atoms with Crippen molar-refractivity contribution in [1.82, 2.24) is 24.5 Å². The number of aromatic hydroxyl groups is 1. The summed E-state index contributed by atoms with van der Waals surface area (Å²) < 4.78 is 1.83. The Morgan fingerprint density at radius 2 is 2.23 bits per heavy atom. The third-order valence-corrected chi connectivity index (χ3v) is 5.05. The van der Waals surface area contributed by atoms with Crippen LogP contribution in [0.2, 0.25) is 5.02 Å². The quantitative estimate of drug-likeness (QED) is 0.732. The van der Waals surface area contributed by atoms with Crippen molar-refractivity contribution in [1.29, 1.82) is 0 Å². The molecule has 7 nitrogen and oxygen atoms in total. The van der Waals surface area contributed by atoms with E-state index in [1.807, 2.05) is 10.6 Å². The van der Waals surface area contributed by atoms with Gasteiger partial charge < -0.3 is 15.3 Å². The summed E-state index contributed by atoms with van der Waals surface area (Å²) in [4.78, 5) is 6.86. The lowest BCUT2D eigenvalue weighted by atomic mass is 10.1. The summed E-state index contributed by atoms with van der Waals surface area (Å²) in [5.41, 5.74) is 1.25. The first-order valence-corrected chi connectivity index (χ1v) is 9.21. The molecule has 1 fully saturated rings. The molecule has 26 heavy (non-hydrogen) atoms. The average molecular weight is 373 g/mol. The summed E-state index contributed by atoms with van der Waals surface area (Å²) in [5.74, 6) is 1.25. The molecule has 8 heteroatoms. The van der Waals surface area contributed by atoms with Crippen LogP contribution in [0.25, 0.3) is 17.0 Å². The summed E-state index contributed by atoms with van der Waals surface area (Å²) in [7, 11) is 0. The second-order valence-electron chi connectivity index (χ2n) is 6.53. The highest BCUT2D eigenvalue weighted by molar-refractivity contribution is 6.30. The highest BCUT2D eigenvalue weighted by Gasteiger charge is 2.21. The number of phenols is 1. The van der Waals surface area contributed by atoms with Gasteiger partial charge in [0, 0.05) is 30.0 Å². The zero-order valence-electron chi connectivity index (χ0n) is 14.6. The largest absolute Gasteiger partial charge is 0.507 e. The minimum atomic E-state index is 0.0633. The average Bonchev–Trinajstić information content (AvgIpc) is 3.13. The second kappa shape index (κ2) is 7.09. The molecule has 4 rings (SSSR count). The molecule has 1 saturated heterocycles. The standard InChI is InChI=1S/C18H21ClN6O/c1-2-24-8-3-4-13(11-24)21-16-18-20-7-9-25(18)17(23-22-16)14-6-5-12(19)10-15(14)26/h5-7,9-10,13,26H,2-4,8,11H2,1H3,(H,21,22)/t13-/m1/s1. The molecule has 0 aliphatic carbocycles. The smallest absolute Gasteiger partial charge is 0.192 e. The number of fused-ring (bicyclic) bond motifs is 1. The van der Waals surface area contributed by atoms with E-state index in [0.29, 0.717) is 33.9 Å². The number of halogens is 1. The predicted molar refractivity (Wildman–Crippen MR) is 102 cm³/mol. The van der Waals surface area contributed by atoms with Crippen molar-refractivity contribution < 1.29 is 5.11 Å². The topological polar surface area (TPSA) is 78.6 Å². The molecule has 136 valence electrons. The Balaban J connectivity index is 1.68. The van der Waals surface area contributed by atoms with Crippen molar-refractivity contribution in [2.75, 3.05) is 25.0 Å². The number of phenolic OH excluding ortho intramolecular Hbond substituents is 1. The minimum absolute atomic E-state index is 0.0633. The SMILES string of the molecule is CCN1CCC[C@@H](Nc2nnc(-c3ccc(Cl)cc3O)n3ccnc23)C1. The van der Waals surface area contributed by atoms with E-state index in [2.05, 4.69) is 32.3 Å². The normalized spacial score (nSPS) is 18.3. The zero-order chi connectivity index (χ0) is 18.1. The maximum atomic E-state index is 10.2. The Morgan fingerprint density at radius 1 is 1.35 bits per heavy atom. The molecule has 3 heterocycles. The molecule has 0 radical (unpaired) electrons. The van der Waals surface area contributed by atoms with Crippen LogP contribution in [0.3, 0.4) is 0 Å². The van der Waals surface area contributed by atoms with Gasteiger partial charge in [-0.15, -0.1) is 10.2 Å². The Bertz CT molecular complexity index is 927. The number of likely N-dealkylation sites (tertiary alicyclic amines) is 1. The van der Waals surface area contributed by atoms with E-state index in [1.54, 1.807) is 18.3 Å². The van der Waals surface area contributed by atoms with Gasteiger partial charge in [0.1, 0.15) is 5.75 Å². The molecule has 2 N–H and O–H groups in total. The number of rotatable bonds is 4. The van der Waals surface area contributed by atoms with Crippen LogP contribution in [0.15, 0.2) is 30.6 Å². The lowest BCUT2D eigenvalue weighted by Crippen LogP contribution is -2.42. The lowest BCUT2D eigenvalue weighted by Gasteiger charge is -2.32. The van der Waals surface area contributed by atoms with E-state index in [0.717, 1.165) is 26.1 Å². The molecular weight excluding hydrogens is 352 g/mol. The third-order valence-electron chi connectivity index (χ3n) is 4.82. The molecule has 3 aromatic rings. The second-order valence-corrected chi connectivity index (χ2v) is 6.97. The Hall–Kier alpha value is -2.38. The summed E-state index contributed by atoms with van der Waals surface area (Å²) in [5, 5.41) is 22.9. The number of nitrogens with zero attached hydrogens (tertiary/aromatic N) is 5. The van der Waals surface area contributed by atoms with Crippen LogP contribution in [0.1, 0.15) is 19.8 Å². The van der Waals surface area contributed by atoms with Crippen LogP contribution in [0.4, 0.5) is 5.82 Å². The van der Waals surface area contributed by atoms with E-state index in [4.69, 9.17) is 11.6 Å². The number of likely N-dealkylation sites (N-methyl/N-ethyl adjacent to an activating group) is 1. The minimum Gasteiger partial charge on any atom is -0.507 e. The van der Waals surface area contributed by atoms with Crippen LogP contribution in [0, 0.1) is 0 Å².